The van der Waals surface area contributed by atoms with Crippen molar-refractivity contribution in [3.8, 4) is 0 Å². The SMILES string of the molecule is CCCNc1ccc([N+](=O)[O-])cc1CSCC(=O)OC. The van der Waals surface area contributed by atoms with Gasteiger partial charge in [-0.05, 0) is 18.1 Å². The fraction of sp³-hybridized carbons (Fsp3) is 0.462. The van der Waals surface area contributed by atoms with Gasteiger partial charge in [-0.2, -0.15) is 0 Å². The molecule has 6 nitrogen and oxygen atoms in total. The minimum Gasteiger partial charge on any atom is -0.468 e. The van der Waals surface area contributed by atoms with Crippen LogP contribution in [0.4, 0.5) is 11.4 Å². The van der Waals surface area contributed by atoms with Crippen molar-refractivity contribution in [1.82, 2.24) is 0 Å². The predicted molar refractivity (Wildman–Crippen MR) is 80.1 cm³/mol. The van der Waals surface area contributed by atoms with Crippen molar-refractivity contribution in [1.29, 1.82) is 0 Å². The second-order valence-electron chi connectivity index (χ2n) is 4.09. The molecule has 0 amide bonds. The van der Waals surface area contributed by atoms with Crippen LogP contribution in [0.5, 0.6) is 0 Å². The molecule has 0 radical (unpaired) electrons. The van der Waals surface area contributed by atoms with Crippen molar-refractivity contribution in [2.24, 2.45) is 0 Å². The van der Waals surface area contributed by atoms with Crippen LogP contribution in [0.2, 0.25) is 0 Å². The molecule has 0 bridgehead atoms. The number of rotatable bonds is 8. The zero-order valence-electron chi connectivity index (χ0n) is 11.5. The summed E-state index contributed by atoms with van der Waals surface area (Å²) < 4.78 is 4.56. The highest BCUT2D eigenvalue weighted by Gasteiger charge is 2.11. The van der Waals surface area contributed by atoms with E-state index in [1.807, 2.05) is 6.92 Å². The van der Waals surface area contributed by atoms with Crippen molar-refractivity contribution in [2.75, 3.05) is 24.7 Å². The average Bonchev–Trinajstić information content (AvgIpc) is 2.45. The lowest BCUT2D eigenvalue weighted by molar-refractivity contribution is -0.384. The molecule has 0 spiro atoms. The topological polar surface area (TPSA) is 81.5 Å². The lowest BCUT2D eigenvalue weighted by atomic mass is 10.1. The van der Waals surface area contributed by atoms with Gasteiger partial charge in [0.05, 0.1) is 17.8 Å². The van der Waals surface area contributed by atoms with Crippen LogP contribution < -0.4 is 5.32 Å². The van der Waals surface area contributed by atoms with Crippen LogP contribution in [0.3, 0.4) is 0 Å². The van der Waals surface area contributed by atoms with Crippen LogP contribution in [-0.4, -0.2) is 30.3 Å². The van der Waals surface area contributed by atoms with Gasteiger partial charge in [0.2, 0.25) is 0 Å². The summed E-state index contributed by atoms with van der Waals surface area (Å²) >= 11 is 1.37. The third-order valence-corrected chi connectivity index (χ3v) is 3.53. The van der Waals surface area contributed by atoms with Gasteiger partial charge in [-0.25, -0.2) is 0 Å². The monoisotopic (exact) mass is 298 g/mol. The van der Waals surface area contributed by atoms with Gasteiger partial charge in [-0.3, -0.25) is 14.9 Å². The number of nitrogens with zero attached hydrogens (tertiary/aromatic N) is 1. The van der Waals surface area contributed by atoms with Crippen molar-refractivity contribution in [2.45, 2.75) is 19.1 Å². The molecule has 0 aliphatic rings. The Hall–Kier alpha value is -1.76. The first-order valence-electron chi connectivity index (χ1n) is 6.24. The highest BCUT2D eigenvalue weighted by Crippen LogP contribution is 2.26. The van der Waals surface area contributed by atoms with Gasteiger partial charge < -0.3 is 10.1 Å². The summed E-state index contributed by atoms with van der Waals surface area (Å²) in [5.41, 5.74) is 1.75. The number of hydrogen-bond donors (Lipinski definition) is 1. The molecule has 110 valence electrons. The molecule has 0 saturated carbocycles. The second kappa shape index (κ2) is 8.42. The van der Waals surface area contributed by atoms with E-state index in [2.05, 4.69) is 10.1 Å². The maximum Gasteiger partial charge on any atom is 0.315 e. The number of esters is 1. The molecule has 0 unspecified atom stereocenters. The molecule has 7 heteroatoms. The number of hydrogen-bond acceptors (Lipinski definition) is 6. The minimum absolute atomic E-state index is 0.0562. The molecular formula is C13H18N2O4S. The lowest BCUT2D eigenvalue weighted by Gasteiger charge is -2.11. The van der Waals surface area contributed by atoms with Gasteiger partial charge in [0.15, 0.2) is 0 Å². The molecule has 1 aromatic carbocycles. The fourth-order valence-corrected chi connectivity index (χ4v) is 2.39. The summed E-state index contributed by atoms with van der Waals surface area (Å²) in [5, 5.41) is 14.0. The van der Waals surface area contributed by atoms with Gasteiger partial charge >= 0.3 is 5.97 Å². The molecule has 20 heavy (non-hydrogen) atoms. The zero-order chi connectivity index (χ0) is 15.0. The number of nitrogens with one attached hydrogen (secondary N) is 1. The number of carbonyl (C=O) groups excluding carboxylic acids is 1. The second-order valence-corrected chi connectivity index (χ2v) is 5.08. The lowest BCUT2D eigenvalue weighted by Crippen LogP contribution is -2.05. The highest BCUT2D eigenvalue weighted by molar-refractivity contribution is 7.99. The molecule has 0 fully saturated rings. The van der Waals surface area contributed by atoms with Crippen molar-refractivity contribution >= 4 is 29.1 Å². The largest absolute Gasteiger partial charge is 0.468 e. The van der Waals surface area contributed by atoms with Crippen LogP contribution in [0.25, 0.3) is 0 Å². The van der Waals surface area contributed by atoms with Crippen LogP contribution in [-0.2, 0) is 15.3 Å². The first-order valence-corrected chi connectivity index (χ1v) is 7.39. The van der Waals surface area contributed by atoms with E-state index in [-0.39, 0.29) is 17.4 Å². The smallest absolute Gasteiger partial charge is 0.315 e. The van der Waals surface area contributed by atoms with Crippen LogP contribution in [0, 0.1) is 10.1 Å². The van der Waals surface area contributed by atoms with E-state index in [0.717, 1.165) is 24.2 Å². The molecule has 1 N–H and O–H groups in total. The van der Waals surface area contributed by atoms with E-state index in [4.69, 9.17) is 0 Å². The molecular weight excluding hydrogens is 280 g/mol. The van der Waals surface area contributed by atoms with Crippen molar-refractivity contribution in [3.63, 3.8) is 0 Å². The van der Waals surface area contributed by atoms with Crippen LogP contribution in [0.1, 0.15) is 18.9 Å². The molecule has 1 rings (SSSR count). The summed E-state index contributed by atoms with van der Waals surface area (Å²) in [7, 11) is 1.34. The molecule has 0 saturated heterocycles. The minimum atomic E-state index is -0.419. The number of nitro benzene ring substituents is 1. The normalized spacial score (nSPS) is 10.1. The number of benzene rings is 1. The summed E-state index contributed by atoms with van der Waals surface area (Å²) in [6.07, 6.45) is 0.964. The Labute approximate surface area is 122 Å². The van der Waals surface area contributed by atoms with E-state index in [1.54, 1.807) is 12.1 Å². The molecule has 0 aliphatic heterocycles. The number of thioether (sulfide) groups is 1. The Morgan fingerprint density at radius 1 is 1.50 bits per heavy atom. The Balaban J connectivity index is 2.78. The van der Waals surface area contributed by atoms with E-state index in [1.165, 1.54) is 24.9 Å². The number of non-ortho nitro benzene ring substituents is 1. The Kier molecular flexibility index (Phi) is 6.86. The van der Waals surface area contributed by atoms with E-state index in [9.17, 15) is 14.9 Å². The van der Waals surface area contributed by atoms with E-state index in [0.29, 0.717) is 5.75 Å². The predicted octanol–water partition coefficient (Wildman–Crippen LogP) is 2.82. The summed E-state index contributed by atoms with van der Waals surface area (Å²) in [5.74, 6) is 0.443. The first kappa shape index (κ1) is 16.3. The molecule has 0 heterocycles. The van der Waals surface area contributed by atoms with Crippen LogP contribution >= 0.6 is 11.8 Å². The number of carbonyl (C=O) groups is 1. The first-order chi connectivity index (χ1) is 9.58. The van der Waals surface area contributed by atoms with E-state index < -0.39 is 4.92 Å². The maximum absolute atomic E-state index is 11.1. The number of anilines is 1. The Morgan fingerprint density at radius 3 is 2.85 bits per heavy atom. The standard InChI is InChI=1S/C13H18N2O4S/c1-3-6-14-12-5-4-11(15(17)18)7-10(12)8-20-9-13(16)19-2/h4-5,7,14H,3,6,8-9H2,1-2H3. The molecule has 0 aromatic heterocycles. The Morgan fingerprint density at radius 2 is 2.25 bits per heavy atom. The van der Waals surface area contributed by atoms with Gasteiger partial charge in [-0.1, -0.05) is 6.92 Å². The fourth-order valence-electron chi connectivity index (χ4n) is 1.55. The summed E-state index contributed by atoms with van der Waals surface area (Å²) in [4.78, 5) is 21.5. The number of nitro groups is 1. The van der Waals surface area contributed by atoms with Crippen LogP contribution in [0.15, 0.2) is 18.2 Å². The maximum atomic E-state index is 11.1. The van der Waals surface area contributed by atoms with Gasteiger partial charge in [0.25, 0.3) is 5.69 Å². The molecule has 1 aromatic rings. The Bertz CT molecular complexity index is 479. The third-order valence-electron chi connectivity index (χ3n) is 2.57. The summed E-state index contributed by atoms with van der Waals surface area (Å²) in [6.45, 7) is 2.84. The average molecular weight is 298 g/mol. The quantitative estimate of drug-likeness (QED) is 0.451. The highest BCUT2D eigenvalue weighted by atomic mass is 32.2. The van der Waals surface area contributed by atoms with Crippen molar-refractivity contribution in [3.05, 3.63) is 33.9 Å². The van der Waals surface area contributed by atoms with Gasteiger partial charge in [0, 0.05) is 30.1 Å². The van der Waals surface area contributed by atoms with Gasteiger partial charge in [0.1, 0.15) is 0 Å². The molecule has 0 aliphatic carbocycles. The van der Waals surface area contributed by atoms with Gasteiger partial charge in [-0.15, -0.1) is 11.8 Å². The third kappa shape index (κ3) is 5.08. The molecule has 0 atom stereocenters. The number of methoxy groups -OCH3 is 1. The summed E-state index contributed by atoms with van der Waals surface area (Å²) in [6, 6.07) is 4.73. The van der Waals surface area contributed by atoms with Crippen molar-refractivity contribution < 1.29 is 14.5 Å². The zero-order valence-corrected chi connectivity index (χ0v) is 12.4. The van der Waals surface area contributed by atoms with E-state index >= 15 is 0 Å². The number of ether oxygens (including phenoxy) is 1.